The van der Waals surface area contributed by atoms with Gasteiger partial charge >= 0.3 is 0 Å². The zero-order valence-corrected chi connectivity index (χ0v) is 9.26. The minimum atomic E-state index is 0.701. The van der Waals surface area contributed by atoms with E-state index in [0.29, 0.717) is 6.54 Å². The summed E-state index contributed by atoms with van der Waals surface area (Å²) in [4.78, 5) is 0. The van der Waals surface area contributed by atoms with Gasteiger partial charge in [-0.15, -0.1) is 0 Å². The Labute approximate surface area is 86.1 Å². The maximum atomic E-state index is 5.57. The molecule has 0 unspecified atom stereocenters. The lowest BCUT2D eigenvalue weighted by atomic mass is 10.0. The van der Waals surface area contributed by atoms with Crippen LogP contribution in [0.25, 0.3) is 0 Å². The molecule has 1 rings (SSSR count). The SMILES string of the molecule is CCOc1c(C)cc(CCN)cc1C. The molecule has 0 saturated heterocycles. The summed E-state index contributed by atoms with van der Waals surface area (Å²) in [6, 6.07) is 4.32. The highest BCUT2D eigenvalue weighted by molar-refractivity contribution is 5.43. The predicted octanol–water partition coefficient (Wildman–Crippen LogP) is 2.20. The Hall–Kier alpha value is -1.02. The van der Waals surface area contributed by atoms with E-state index in [0.717, 1.165) is 18.8 Å². The first-order chi connectivity index (χ1) is 6.69. The van der Waals surface area contributed by atoms with Gasteiger partial charge in [-0.1, -0.05) is 12.1 Å². The fourth-order valence-corrected chi connectivity index (χ4v) is 1.72. The summed E-state index contributed by atoms with van der Waals surface area (Å²) < 4.78 is 5.57. The smallest absolute Gasteiger partial charge is 0.125 e. The maximum absolute atomic E-state index is 5.57. The first-order valence-electron chi connectivity index (χ1n) is 5.12. The van der Waals surface area contributed by atoms with Crippen molar-refractivity contribution in [2.45, 2.75) is 27.2 Å². The van der Waals surface area contributed by atoms with Crippen LogP contribution in [0.5, 0.6) is 5.75 Å². The molecular formula is C12H19NO. The van der Waals surface area contributed by atoms with E-state index in [9.17, 15) is 0 Å². The Morgan fingerprint density at radius 1 is 1.21 bits per heavy atom. The van der Waals surface area contributed by atoms with Crippen LogP contribution in [0.3, 0.4) is 0 Å². The molecular weight excluding hydrogens is 174 g/mol. The van der Waals surface area contributed by atoms with Gasteiger partial charge in [-0.3, -0.25) is 0 Å². The van der Waals surface area contributed by atoms with E-state index in [1.54, 1.807) is 0 Å². The van der Waals surface area contributed by atoms with Gasteiger partial charge in [-0.25, -0.2) is 0 Å². The van der Waals surface area contributed by atoms with Crippen molar-refractivity contribution in [1.82, 2.24) is 0 Å². The summed E-state index contributed by atoms with van der Waals surface area (Å²) in [5.41, 5.74) is 9.23. The van der Waals surface area contributed by atoms with E-state index in [4.69, 9.17) is 10.5 Å². The van der Waals surface area contributed by atoms with E-state index < -0.39 is 0 Å². The summed E-state index contributed by atoms with van der Waals surface area (Å²) >= 11 is 0. The van der Waals surface area contributed by atoms with Gasteiger partial charge in [0, 0.05) is 0 Å². The molecule has 2 nitrogen and oxygen atoms in total. The van der Waals surface area contributed by atoms with Crippen LogP contribution < -0.4 is 10.5 Å². The second kappa shape index (κ2) is 5.01. The fraction of sp³-hybridized carbons (Fsp3) is 0.500. The minimum absolute atomic E-state index is 0.701. The van der Waals surface area contributed by atoms with Crippen molar-refractivity contribution < 1.29 is 4.74 Å². The summed E-state index contributed by atoms with van der Waals surface area (Å²) in [7, 11) is 0. The third-order valence-electron chi connectivity index (χ3n) is 2.24. The van der Waals surface area contributed by atoms with Crippen molar-refractivity contribution >= 4 is 0 Å². The molecule has 0 atom stereocenters. The monoisotopic (exact) mass is 193 g/mol. The van der Waals surface area contributed by atoms with Crippen LogP contribution in [0.4, 0.5) is 0 Å². The van der Waals surface area contributed by atoms with Crippen LogP contribution in [-0.4, -0.2) is 13.2 Å². The van der Waals surface area contributed by atoms with Crippen LogP contribution in [0.2, 0.25) is 0 Å². The molecule has 0 radical (unpaired) electrons. The zero-order valence-electron chi connectivity index (χ0n) is 9.26. The minimum Gasteiger partial charge on any atom is -0.493 e. The summed E-state index contributed by atoms with van der Waals surface area (Å²) in [6.07, 6.45) is 0.939. The molecule has 2 N–H and O–H groups in total. The second-order valence-corrected chi connectivity index (χ2v) is 3.53. The normalized spacial score (nSPS) is 10.3. The van der Waals surface area contributed by atoms with E-state index in [1.165, 1.54) is 16.7 Å². The Morgan fingerprint density at radius 3 is 2.21 bits per heavy atom. The van der Waals surface area contributed by atoms with Crippen LogP contribution >= 0.6 is 0 Å². The first-order valence-corrected chi connectivity index (χ1v) is 5.12. The number of aryl methyl sites for hydroxylation is 2. The maximum Gasteiger partial charge on any atom is 0.125 e. The highest BCUT2D eigenvalue weighted by Crippen LogP contribution is 2.24. The van der Waals surface area contributed by atoms with Gasteiger partial charge in [0.1, 0.15) is 5.75 Å². The quantitative estimate of drug-likeness (QED) is 0.795. The van der Waals surface area contributed by atoms with Crippen molar-refractivity contribution in [2.75, 3.05) is 13.2 Å². The van der Waals surface area contributed by atoms with E-state index in [-0.39, 0.29) is 0 Å². The number of rotatable bonds is 4. The standard InChI is InChI=1S/C12H19NO/c1-4-14-12-9(2)7-11(5-6-13)8-10(12)3/h7-8H,4-6,13H2,1-3H3. The van der Waals surface area contributed by atoms with Crippen molar-refractivity contribution in [1.29, 1.82) is 0 Å². The van der Waals surface area contributed by atoms with Crippen molar-refractivity contribution in [3.05, 3.63) is 28.8 Å². The Kier molecular flexibility index (Phi) is 3.96. The third kappa shape index (κ3) is 2.48. The number of hydrogen-bond donors (Lipinski definition) is 1. The molecule has 0 aliphatic carbocycles. The molecule has 2 heteroatoms. The van der Waals surface area contributed by atoms with Gasteiger partial charge in [-0.2, -0.15) is 0 Å². The van der Waals surface area contributed by atoms with E-state index >= 15 is 0 Å². The predicted molar refractivity (Wildman–Crippen MR) is 59.8 cm³/mol. The molecule has 0 spiro atoms. The molecule has 14 heavy (non-hydrogen) atoms. The molecule has 1 aromatic carbocycles. The molecule has 0 aromatic heterocycles. The summed E-state index contributed by atoms with van der Waals surface area (Å²) in [6.45, 7) is 7.59. The van der Waals surface area contributed by atoms with Gasteiger partial charge in [0.05, 0.1) is 6.61 Å². The highest BCUT2D eigenvalue weighted by atomic mass is 16.5. The Bertz CT molecular complexity index is 284. The Morgan fingerprint density at radius 2 is 1.79 bits per heavy atom. The van der Waals surface area contributed by atoms with Gasteiger partial charge in [-0.05, 0) is 50.4 Å². The lowest BCUT2D eigenvalue weighted by Crippen LogP contribution is -2.04. The van der Waals surface area contributed by atoms with Gasteiger partial charge in [0.2, 0.25) is 0 Å². The Balaban J connectivity index is 2.98. The largest absolute Gasteiger partial charge is 0.493 e. The van der Waals surface area contributed by atoms with E-state index in [2.05, 4.69) is 26.0 Å². The average Bonchev–Trinajstić information content (AvgIpc) is 2.12. The molecule has 0 fully saturated rings. The van der Waals surface area contributed by atoms with Crippen molar-refractivity contribution in [3.63, 3.8) is 0 Å². The van der Waals surface area contributed by atoms with Crippen molar-refractivity contribution in [2.24, 2.45) is 5.73 Å². The zero-order chi connectivity index (χ0) is 10.6. The molecule has 0 heterocycles. The molecule has 78 valence electrons. The topological polar surface area (TPSA) is 35.2 Å². The molecule has 0 saturated carbocycles. The van der Waals surface area contributed by atoms with Gasteiger partial charge in [0.25, 0.3) is 0 Å². The lowest BCUT2D eigenvalue weighted by molar-refractivity contribution is 0.335. The molecule has 0 amide bonds. The summed E-state index contributed by atoms with van der Waals surface area (Å²) in [5, 5.41) is 0. The average molecular weight is 193 g/mol. The molecule has 0 aliphatic rings. The van der Waals surface area contributed by atoms with E-state index in [1.807, 2.05) is 6.92 Å². The number of ether oxygens (including phenoxy) is 1. The number of nitrogens with two attached hydrogens (primary N) is 1. The van der Waals surface area contributed by atoms with Crippen LogP contribution in [0.1, 0.15) is 23.6 Å². The number of benzene rings is 1. The first kappa shape index (κ1) is 11.1. The molecule has 1 aromatic rings. The summed E-state index contributed by atoms with van der Waals surface area (Å²) in [5.74, 6) is 1.02. The lowest BCUT2D eigenvalue weighted by Gasteiger charge is -2.12. The van der Waals surface area contributed by atoms with Crippen molar-refractivity contribution in [3.8, 4) is 5.75 Å². The van der Waals surface area contributed by atoms with Gasteiger partial charge < -0.3 is 10.5 Å². The second-order valence-electron chi connectivity index (χ2n) is 3.53. The van der Waals surface area contributed by atoms with Crippen LogP contribution in [-0.2, 0) is 6.42 Å². The van der Waals surface area contributed by atoms with Gasteiger partial charge in [0.15, 0.2) is 0 Å². The molecule has 0 bridgehead atoms. The highest BCUT2D eigenvalue weighted by Gasteiger charge is 2.05. The van der Waals surface area contributed by atoms with Crippen LogP contribution in [0.15, 0.2) is 12.1 Å². The third-order valence-corrected chi connectivity index (χ3v) is 2.24. The fourth-order valence-electron chi connectivity index (χ4n) is 1.72. The number of hydrogen-bond acceptors (Lipinski definition) is 2. The van der Waals surface area contributed by atoms with Crippen LogP contribution in [0, 0.1) is 13.8 Å². The molecule has 0 aliphatic heterocycles.